The SMILES string of the molecule is CCC1C(=O)NC(CC(C)C)C(=O)N1Cc1cc(C)on1. The average molecular weight is 293 g/mol. The number of nitrogens with one attached hydrogen (secondary N) is 1. The normalized spacial score (nSPS) is 22.8. The van der Waals surface area contributed by atoms with Crippen molar-refractivity contribution in [3.05, 3.63) is 17.5 Å². The first kappa shape index (κ1) is 15.5. The second kappa shape index (κ2) is 6.28. The molecule has 0 aliphatic carbocycles. The summed E-state index contributed by atoms with van der Waals surface area (Å²) in [6.45, 7) is 8.10. The predicted octanol–water partition coefficient (Wildman–Crippen LogP) is 1.63. The smallest absolute Gasteiger partial charge is 0.246 e. The monoisotopic (exact) mass is 293 g/mol. The maximum Gasteiger partial charge on any atom is 0.246 e. The molecule has 6 nitrogen and oxygen atoms in total. The lowest BCUT2D eigenvalue weighted by Gasteiger charge is -2.38. The number of amides is 2. The highest BCUT2D eigenvalue weighted by atomic mass is 16.5. The molecule has 0 saturated carbocycles. The Balaban J connectivity index is 2.19. The van der Waals surface area contributed by atoms with Crippen molar-refractivity contribution in [2.24, 2.45) is 5.92 Å². The topological polar surface area (TPSA) is 75.4 Å². The third-order valence-electron chi connectivity index (χ3n) is 3.68. The van der Waals surface area contributed by atoms with Gasteiger partial charge in [0.05, 0.1) is 6.54 Å². The predicted molar refractivity (Wildman–Crippen MR) is 77.3 cm³/mol. The van der Waals surface area contributed by atoms with E-state index in [2.05, 4.69) is 10.5 Å². The lowest BCUT2D eigenvalue weighted by Crippen LogP contribution is -2.63. The highest BCUT2D eigenvalue weighted by molar-refractivity contribution is 5.96. The molecule has 1 aliphatic heterocycles. The maximum absolute atomic E-state index is 12.6. The molecule has 2 rings (SSSR count). The summed E-state index contributed by atoms with van der Waals surface area (Å²) in [4.78, 5) is 26.5. The lowest BCUT2D eigenvalue weighted by atomic mass is 9.97. The number of hydrogen-bond acceptors (Lipinski definition) is 4. The number of piperazine rings is 1. The Kier molecular flexibility index (Phi) is 4.65. The van der Waals surface area contributed by atoms with E-state index in [9.17, 15) is 9.59 Å². The van der Waals surface area contributed by atoms with Crippen LogP contribution in [-0.2, 0) is 16.1 Å². The van der Waals surface area contributed by atoms with Crippen molar-refractivity contribution >= 4 is 11.8 Å². The maximum atomic E-state index is 12.6. The molecule has 0 radical (unpaired) electrons. The van der Waals surface area contributed by atoms with Crippen molar-refractivity contribution in [3.63, 3.8) is 0 Å². The highest BCUT2D eigenvalue weighted by Gasteiger charge is 2.39. The molecule has 116 valence electrons. The molecule has 2 atom stereocenters. The number of nitrogens with zero attached hydrogens (tertiary/aromatic N) is 2. The van der Waals surface area contributed by atoms with Gasteiger partial charge >= 0.3 is 0 Å². The summed E-state index contributed by atoms with van der Waals surface area (Å²) in [7, 11) is 0. The zero-order valence-corrected chi connectivity index (χ0v) is 13.0. The van der Waals surface area contributed by atoms with E-state index in [0.29, 0.717) is 36.8 Å². The molecule has 6 heteroatoms. The quantitative estimate of drug-likeness (QED) is 0.895. The second-order valence-electron chi connectivity index (χ2n) is 6.01. The van der Waals surface area contributed by atoms with Gasteiger partial charge in [0, 0.05) is 6.07 Å². The Morgan fingerprint density at radius 1 is 1.43 bits per heavy atom. The van der Waals surface area contributed by atoms with Crippen LogP contribution in [0.1, 0.15) is 45.1 Å². The number of carbonyl (C=O) groups is 2. The molecule has 0 bridgehead atoms. The van der Waals surface area contributed by atoms with Gasteiger partial charge in [-0.3, -0.25) is 9.59 Å². The van der Waals surface area contributed by atoms with Crippen LogP contribution >= 0.6 is 0 Å². The van der Waals surface area contributed by atoms with Gasteiger partial charge < -0.3 is 14.7 Å². The molecule has 1 aromatic heterocycles. The number of aromatic nitrogens is 1. The van der Waals surface area contributed by atoms with Crippen LogP contribution < -0.4 is 5.32 Å². The highest BCUT2D eigenvalue weighted by Crippen LogP contribution is 2.20. The molecule has 1 N–H and O–H groups in total. The van der Waals surface area contributed by atoms with E-state index >= 15 is 0 Å². The van der Waals surface area contributed by atoms with Crippen LogP contribution in [0.15, 0.2) is 10.6 Å². The van der Waals surface area contributed by atoms with E-state index in [-0.39, 0.29) is 11.8 Å². The van der Waals surface area contributed by atoms with Crippen molar-refractivity contribution in [2.45, 2.75) is 59.2 Å². The largest absolute Gasteiger partial charge is 0.361 e. The van der Waals surface area contributed by atoms with Crippen LogP contribution in [0.4, 0.5) is 0 Å². The Morgan fingerprint density at radius 3 is 2.67 bits per heavy atom. The summed E-state index contributed by atoms with van der Waals surface area (Å²) in [5.41, 5.74) is 0.678. The summed E-state index contributed by atoms with van der Waals surface area (Å²) < 4.78 is 5.04. The number of aryl methyl sites for hydroxylation is 1. The minimum Gasteiger partial charge on any atom is -0.361 e. The van der Waals surface area contributed by atoms with Gasteiger partial charge in [0.2, 0.25) is 11.8 Å². The van der Waals surface area contributed by atoms with E-state index in [1.54, 1.807) is 17.9 Å². The Bertz CT molecular complexity index is 524. The Morgan fingerprint density at radius 2 is 2.14 bits per heavy atom. The van der Waals surface area contributed by atoms with E-state index in [0.717, 1.165) is 0 Å². The average Bonchev–Trinajstić information content (AvgIpc) is 2.80. The van der Waals surface area contributed by atoms with Gasteiger partial charge in [0.25, 0.3) is 0 Å². The van der Waals surface area contributed by atoms with Gasteiger partial charge in [0.1, 0.15) is 23.5 Å². The molecule has 1 saturated heterocycles. The fourth-order valence-corrected chi connectivity index (χ4v) is 2.72. The van der Waals surface area contributed by atoms with E-state index in [1.165, 1.54) is 0 Å². The number of hydrogen-bond donors (Lipinski definition) is 1. The molecule has 0 spiro atoms. The third kappa shape index (κ3) is 3.43. The molecule has 21 heavy (non-hydrogen) atoms. The van der Waals surface area contributed by atoms with E-state index < -0.39 is 12.1 Å². The van der Waals surface area contributed by atoms with Crippen molar-refractivity contribution < 1.29 is 14.1 Å². The van der Waals surface area contributed by atoms with Crippen LogP contribution in [0.2, 0.25) is 0 Å². The van der Waals surface area contributed by atoms with Gasteiger partial charge in [-0.25, -0.2) is 0 Å². The zero-order chi connectivity index (χ0) is 15.6. The second-order valence-corrected chi connectivity index (χ2v) is 6.01. The number of carbonyl (C=O) groups excluding carboxylic acids is 2. The first-order chi connectivity index (χ1) is 9.92. The summed E-state index contributed by atoms with van der Waals surface area (Å²) in [5, 5.41) is 6.77. The van der Waals surface area contributed by atoms with Gasteiger partial charge in [0.15, 0.2) is 0 Å². The van der Waals surface area contributed by atoms with Gasteiger partial charge in [-0.2, -0.15) is 0 Å². The summed E-state index contributed by atoms with van der Waals surface area (Å²) in [6.07, 6.45) is 1.23. The third-order valence-corrected chi connectivity index (χ3v) is 3.68. The molecule has 0 aromatic carbocycles. The summed E-state index contributed by atoms with van der Waals surface area (Å²) >= 11 is 0. The standard InChI is InChI=1S/C15H23N3O3/c1-5-13-14(19)16-12(6-9(2)3)15(20)18(13)8-11-7-10(4)21-17-11/h7,9,12-13H,5-6,8H2,1-4H3,(H,16,19). The van der Waals surface area contributed by atoms with Crippen molar-refractivity contribution in [1.29, 1.82) is 0 Å². The first-order valence-corrected chi connectivity index (χ1v) is 7.45. The van der Waals surface area contributed by atoms with Crippen LogP contribution in [0.3, 0.4) is 0 Å². The minimum absolute atomic E-state index is 0.0317. The van der Waals surface area contributed by atoms with Gasteiger partial charge in [-0.1, -0.05) is 25.9 Å². The molecular formula is C15H23N3O3. The van der Waals surface area contributed by atoms with E-state index in [4.69, 9.17) is 4.52 Å². The molecule has 1 aromatic rings. The van der Waals surface area contributed by atoms with Crippen LogP contribution in [0.5, 0.6) is 0 Å². The fraction of sp³-hybridized carbons (Fsp3) is 0.667. The molecule has 2 amide bonds. The van der Waals surface area contributed by atoms with Crippen LogP contribution in [0, 0.1) is 12.8 Å². The Labute approximate surface area is 124 Å². The minimum atomic E-state index is -0.437. The van der Waals surface area contributed by atoms with Gasteiger partial charge in [-0.05, 0) is 25.7 Å². The van der Waals surface area contributed by atoms with Crippen molar-refractivity contribution in [1.82, 2.24) is 15.4 Å². The summed E-state index contributed by atoms with van der Waals surface area (Å²) in [6, 6.07) is 0.926. The molecule has 2 unspecified atom stereocenters. The lowest BCUT2D eigenvalue weighted by molar-refractivity contribution is -0.150. The van der Waals surface area contributed by atoms with Crippen molar-refractivity contribution in [3.8, 4) is 0 Å². The van der Waals surface area contributed by atoms with Crippen LogP contribution in [-0.4, -0.2) is 34.0 Å². The summed E-state index contributed by atoms with van der Waals surface area (Å²) in [5.74, 6) is 0.929. The molecule has 2 heterocycles. The van der Waals surface area contributed by atoms with Crippen molar-refractivity contribution in [2.75, 3.05) is 0 Å². The zero-order valence-electron chi connectivity index (χ0n) is 13.0. The van der Waals surface area contributed by atoms with Crippen LogP contribution in [0.25, 0.3) is 0 Å². The fourth-order valence-electron chi connectivity index (χ4n) is 2.72. The number of rotatable bonds is 5. The Hall–Kier alpha value is -1.85. The molecule has 1 fully saturated rings. The van der Waals surface area contributed by atoms with Gasteiger partial charge in [-0.15, -0.1) is 0 Å². The van der Waals surface area contributed by atoms with E-state index in [1.807, 2.05) is 20.8 Å². The molecule has 1 aliphatic rings. The first-order valence-electron chi connectivity index (χ1n) is 7.45. The molecular weight excluding hydrogens is 270 g/mol.